The Morgan fingerprint density at radius 3 is 2.77 bits per heavy atom. The maximum atomic E-state index is 13.0. The quantitative estimate of drug-likeness (QED) is 0.723. The van der Waals surface area contributed by atoms with E-state index in [1.54, 1.807) is 6.07 Å². The lowest BCUT2D eigenvalue weighted by Gasteiger charge is -2.10. The van der Waals surface area contributed by atoms with Crippen LogP contribution in [0.5, 0.6) is 0 Å². The summed E-state index contributed by atoms with van der Waals surface area (Å²) in [7, 11) is 0. The maximum absolute atomic E-state index is 13.0. The predicted octanol–water partition coefficient (Wildman–Crippen LogP) is 4.51. The fraction of sp³-hybridized carbons (Fsp3) is 0.118. The van der Waals surface area contributed by atoms with Gasteiger partial charge in [0.1, 0.15) is 11.4 Å². The van der Waals surface area contributed by atoms with Crippen molar-refractivity contribution in [3.63, 3.8) is 0 Å². The molecule has 0 bridgehead atoms. The van der Waals surface area contributed by atoms with E-state index in [1.807, 2.05) is 25.1 Å². The molecule has 112 valence electrons. The Morgan fingerprint density at radius 1 is 1.18 bits per heavy atom. The Hall–Kier alpha value is -2.33. The molecule has 2 aromatic carbocycles. The van der Waals surface area contributed by atoms with Crippen LogP contribution in [0.3, 0.4) is 0 Å². The summed E-state index contributed by atoms with van der Waals surface area (Å²) in [4.78, 5) is 11.7. The molecule has 22 heavy (non-hydrogen) atoms. The van der Waals surface area contributed by atoms with E-state index in [0.29, 0.717) is 22.8 Å². The molecule has 0 atom stereocenters. The van der Waals surface area contributed by atoms with Gasteiger partial charge in [-0.1, -0.05) is 23.7 Å². The first kappa shape index (κ1) is 14.6. The minimum atomic E-state index is -0.403. The van der Waals surface area contributed by atoms with Gasteiger partial charge in [-0.2, -0.15) is 0 Å². The first-order chi connectivity index (χ1) is 10.5. The van der Waals surface area contributed by atoms with E-state index in [0.717, 1.165) is 16.5 Å². The first-order valence-corrected chi connectivity index (χ1v) is 7.13. The molecular formula is C17H13ClFNO2. The summed E-state index contributed by atoms with van der Waals surface area (Å²) in [5.74, 6) is -0.392. The molecule has 0 unspecified atom stereocenters. The summed E-state index contributed by atoms with van der Waals surface area (Å²) in [6, 6.07) is 11.3. The van der Waals surface area contributed by atoms with Gasteiger partial charge < -0.3 is 9.73 Å². The van der Waals surface area contributed by atoms with Gasteiger partial charge in [-0.3, -0.25) is 0 Å². The van der Waals surface area contributed by atoms with Crippen LogP contribution in [0.1, 0.15) is 11.1 Å². The third-order valence-corrected chi connectivity index (χ3v) is 3.70. The number of anilines is 1. The molecule has 0 radical (unpaired) electrons. The van der Waals surface area contributed by atoms with Crippen molar-refractivity contribution in [3.8, 4) is 0 Å². The van der Waals surface area contributed by atoms with Gasteiger partial charge in [0.05, 0.1) is 10.7 Å². The molecule has 0 aliphatic carbocycles. The standard InChI is InChI=1S/C17H13ClFNO2/c1-10-2-4-13-11(7-17(21)22-16(13)6-10)9-20-15-5-3-12(19)8-14(15)18/h2-8,20H,9H2,1H3. The van der Waals surface area contributed by atoms with E-state index in [2.05, 4.69) is 5.32 Å². The lowest BCUT2D eigenvalue weighted by Crippen LogP contribution is -2.06. The highest BCUT2D eigenvalue weighted by Gasteiger charge is 2.07. The van der Waals surface area contributed by atoms with E-state index >= 15 is 0 Å². The summed E-state index contributed by atoms with van der Waals surface area (Å²) >= 11 is 5.98. The molecule has 0 saturated heterocycles. The zero-order valence-electron chi connectivity index (χ0n) is 11.8. The molecule has 0 aliphatic heterocycles. The third-order valence-electron chi connectivity index (χ3n) is 3.39. The monoisotopic (exact) mass is 317 g/mol. The minimum Gasteiger partial charge on any atom is -0.423 e. The molecule has 5 heteroatoms. The average molecular weight is 318 g/mol. The minimum absolute atomic E-state index is 0.295. The molecule has 0 saturated carbocycles. The van der Waals surface area contributed by atoms with Crippen molar-refractivity contribution in [2.75, 3.05) is 5.32 Å². The van der Waals surface area contributed by atoms with Crippen molar-refractivity contribution in [1.82, 2.24) is 0 Å². The summed E-state index contributed by atoms with van der Waals surface area (Å²) in [6.45, 7) is 2.32. The van der Waals surface area contributed by atoms with Crippen LogP contribution in [0.4, 0.5) is 10.1 Å². The zero-order valence-corrected chi connectivity index (χ0v) is 12.6. The van der Waals surface area contributed by atoms with Crippen LogP contribution >= 0.6 is 11.6 Å². The van der Waals surface area contributed by atoms with E-state index in [4.69, 9.17) is 16.0 Å². The number of benzene rings is 2. The molecule has 1 aromatic heterocycles. The van der Waals surface area contributed by atoms with E-state index in [-0.39, 0.29) is 0 Å². The lowest BCUT2D eigenvalue weighted by molar-refractivity contribution is 0.559. The maximum Gasteiger partial charge on any atom is 0.336 e. The summed E-state index contributed by atoms with van der Waals surface area (Å²) in [5, 5.41) is 4.26. The van der Waals surface area contributed by atoms with Crippen molar-refractivity contribution in [1.29, 1.82) is 0 Å². The van der Waals surface area contributed by atoms with Gasteiger partial charge in [-0.25, -0.2) is 9.18 Å². The lowest BCUT2D eigenvalue weighted by atomic mass is 10.1. The largest absolute Gasteiger partial charge is 0.423 e. The highest BCUT2D eigenvalue weighted by molar-refractivity contribution is 6.33. The second-order valence-electron chi connectivity index (χ2n) is 5.07. The fourth-order valence-electron chi connectivity index (χ4n) is 2.31. The number of rotatable bonds is 3. The number of hydrogen-bond donors (Lipinski definition) is 1. The molecule has 0 aliphatic rings. The molecule has 0 spiro atoms. The summed E-state index contributed by atoms with van der Waals surface area (Å²) in [5.41, 5.74) is 2.57. The second-order valence-corrected chi connectivity index (χ2v) is 5.48. The Kier molecular flexibility index (Phi) is 3.86. The fourth-order valence-corrected chi connectivity index (χ4v) is 2.54. The number of nitrogens with one attached hydrogen (secondary N) is 1. The van der Waals surface area contributed by atoms with Crippen molar-refractivity contribution in [2.45, 2.75) is 13.5 Å². The molecule has 1 heterocycles. The van der Waals surface area contributed by atoms with Crippen LogP contribution in [0.15, 0.2) is 51.7 Å². The normalized spacial score (nSPS) is 10.9. The van der Waals surface area contributed by atoms with Gasteiger partial charge in [-0.15, -0.1) is 0 Å². The second kappa shape index (κ2) is 5.81. The molecule has 0 amide bonds. The van der Waals surface area contributed by atoms with Gasteiger partial charge in [0.25, 0.3) is 0 Å². The Labute approximate surface area is 131 Å². The van der Waals surface area contributed by atoms with Gasteiger partial charge in [-0.05, 0) is 42.3 Å². The molecular weight excluding hydrogens is 305 g/mol. The number of fused-ring (bicyclic) bond motifs is 1. The van der Waals surface area contributed by atoms with Crippen molar-refractivity contribution < 1.29 is 8.81 Å². The van der Waals surface area contributed by atoms with Crippen LogP contribution in [-0.2, 0) is 6.54 Å². The molecule has 3 nitrogen and oxygen atoms in total. The van der Waals surface area contributed by atoms with Crippen LogP contribution in [0, 0.1) is 12.7 Å². The van der Waals surface area contributed by atoms with Gasteiger partial charge >= 0.3 is 5.63 Å². The molecule has 1 N–H and O–H groups in total. The first-order valence-electron chi connectivity index (χ1n) is 6.75. The van der Waals surface area contributed by atoms with Crippen LogP contribution < -0.4 is 10.9 Å². The predicted molar refractivity (Wildman–Crippen MR) is 86.0 cm³/mol. The van der Waals surface area contributed by atoms with E-state index < -0.39 is 11.4 Å². The van der Waals surface area contributed by atoms with Gasteiger partial charge in [0.15, 0.2) is 0 Å². The number of hydrogen-bond acceptors (Lipinski definition) is 3. The SMILES string of the molecule is Cc1ccc2c(CNc3ccc(F)cc3Cl)cc(=O)oc2c1. The number of aryl methyl sites for hydroxylation is 1. The van der Waals surface area contributed by atoms with E-state index in [1.165, 1.54) is 18.2 Å². The van der Waals surface area contributed by atoms with Crippen LogP contribution in [-0.4, -0.2) is 0 Å². The Morgan fingerprint density at radius 2 is 2.00 bits per heavy atom. The van der Waals surface area contributed by atoms with Gasteiger partial charge in [0.2, 0.25) is 0 Å². The highest BCUT2D eigenvalue weighted by Crippen LogP contribution is 2.24. The Bertz CT molecular complexity index is 905. The average Bonchev–Trinajstić information content (AvgIpc) is 2.45. The van der Waals surface area contributed by atoms with Crippen molar-refractivity contribution in [2.24, 2.45) is 0 Å². The van der Waals surface area contributed by atoms with Crippen LogP contribution in [0.25, 0.3) is 11.0 Å². The topological polar surface area (TPSA) is 42.2 Å². The smallest absolute Gasteiger partial charge is 0.336 e. The zero-order chi connectivity index (χ0) is 15.7. The molecule has 0 fully saturated rings. The third kappa shape index (κ3) is 2.97. The summed E-state index contributed by atoms with van der Waals surface area (Å²) < 4.78 is 18.3. The highest BCUT2D eigenvalue weighted by atomic mass is 35.5. The molecule has 3 aromatic rings. The van der Waals surface area contributed by atoms with Crippen LogP contribution in [0.2, 0.25) is 5.02 Å². The number of halogens is 2. The van der Waals surface area contributed by atoms with Crippen molar-refractivity contribution in [3.05, 3.63) is 74.9 Å². The van der Waals surface area contributed by atoms with E-state index in [9.17, 15) is 9.18 Å². The molecule has 3 rings (SSSR count). The van der Waals surface area contributed by atoms with Crippen molar-refractivity contribution >= 4 is 28.3 Å². The van der Waals surface area contributed by atoms with Gasteiger partial charge in [0, 0.05) is 18.0 Å². The summed E-state index contributed by atoms with van der Waals surface area (Å²) in [6.07, 6.45) is 0. The Balaban J connectivity index is 1.95.